The van der Waals surface area contributed by atoms with Crippen LogP contribution in [0.3, 0.4) is 0 Å². The molecule has 2 amide bonds. The molecule has 3 aromatic carbocycles. The average molecular weight is 470 g/mol. The van der Waals surface area contributed by atoms with Crippen molar-refractivity contribution in [1.29, 1.82) is 0 Å². The number of nitrogens with one attached hydrogen (secondary N) is 2. The normalized spacial score (nSPS) is 12.7. The molecule has 0 aliphatic heterocycles. The lowest BCUT2D eigenvalue weighted by Crippen LogP contribution is -2.13. The Morgan fingerprint density at radius 2 is 1.59 bits per heavy atom. The van der Waals surface area contributed by atoms with Gasteiger partial charge in [-0.2, -0.15) is 0 Å². The molecule has 1 saturated carbocycles. The number of aromatic nitrogens is 1. The van der Waals surface area contributed by atoms with Gasteiger partial charge in [0, 0.05) is 34.5 Å². The molecular weight excluding hydrogens is 446 g/mol. The van der Waals surface area contributed by atoms with Gasteiger partial charge in [0.1, 0.15) is 15.6 Å². The van der Waals surface area contributed by atoms with E-state index in [9.17, 15) is 9.59 Å². The third kappa shape index (κ3) is 4.84. The molecular formula is C27H23N3O3S. The second-order valence-corrected chi connectivity index (χ2v) is 9.09. The van der Waals surface area contributed by atoms with Crippen LogP contribution in [0.5, 0.6) is 5.75 Å². The second kappa shape index (κ2) is 9.49. The summed E-state index contributed by atoms with van der Waals surface area (Å²) < 4.78 is 5.26. The molecule has 5 rings (SSSR count). The van der Waals surface area contributed by atoms with E-state index in [0.29, 0.717) is 27.0 Å². The van der Waals surface area contributed by atoms with Gasteiger partial charge in [-0.3, -0.25) is 9.59 Å². The van der Waals surface area contributed by atoms with Gasteiger partial charge < -0.3 is 15.4 Å². The molecule has 1 aliphatic rings. The highest BCUT2D eigenvalue weighted by atomic mass is 32.1. The molecule has 0 atom stereocenters. The van der Waals surface area contributed by atoms with E-state index >= 15 is 0 Å². The average Bonchev–Trinajstić information content (AvgIpc) is 3.63. The largest absolute Gasteiger partial charge is 0.497 e. The Balaban J connectivity index is 1.48. The summed E-state index contributed by atoms with van der Waals surface area (Å²) in [5.41, 5.74) is 3.69. The lowest BCUT2D eigenvalue weighted by Gasteiger charge is -2.07. The Morgan fingerprint density at radius 1 is 0.882 bits per heavy atom. The fourth-order valence-electron chi connectivity index (χ4n) is 3.60. The highest BCUT2D eigenvalue weighted by Crippen LogP contribution is 2.36. The maximum absolute atomic E-state index is 13.3. The second-order valence-electron chi connectivity index (χ2n) is 8.09. The molecule has 2 N–H and O–H groups in total. The molecule has 7 heteroatoms. The molecule has 6 nitrogen and oxygen atoms in total. The molecule has 34 heavy (non-hydrogen) atoms. The minimum absolute atomic E-state index is 0.0552. The first-order valence-electron chi connectivity index (χ1n) is 11.0. The number of carbonyl (C=O) groups excluding carboxylic acids is 2. The van der Waals surface area contributed by atoms with E-state index in [0.717, 1.165) is 29.7 Å². The van der Waals surface area contributed by atoms with Crippen LogP contribution in [-0.2, 0) is 4.79 Å². The van der Waals surface area contributed by atoms with Crippen molar-refractivity contribution < 1.29 is 14.3 Å². The van der Waals surface area contributed by atoms with Crippen LogP contribution >= 0.6 is 11.3 Å². The molecule has 0 radical (unpaired) electrons. The third-order valence-electron chi connectivity index (χ3n) is 5.53. The standard InChI is InChI=1S/C27H23N3O3S/c1-33-22-12-6-11-21(16-22)29-26(32)24-23(17-7-3-2-4-8-17)30-27(34-24)19-9-5-10-20(15-19)28-25(31)18-13-14-18/h2-12,15-16,18H,13-14H2,1H3,(H,28,31)(H,29,32). The number of methoxy groups -OCH3 is 1. The number of hydrogen-bond acceptors (Lipinski definition) is 5. The van der Waals surface area contributed by atoms with Gasteiger partial charge in [-0.15, -0.1) is 11.3 Å². The number of amides is 2. The van der Waals surface area contributed by atoms with Crippen molar-refractivity contribution in [3.63, 3.8) is 0 Å². The molecule has 0 bridgehead atoms. The first kappa shape index (κ1) is 21.9. The predicted molar refractivity (Wildman–Crippen MR) is 135 cm³/mol. The molecule has 0 unspecified atom stereocenters. The molecule has 4 aromatic rings. The summed E-state index contributed by atoms with van der Waals surface area (Å²) in [4.78, 5) is 30.8. The zero-order chi connectivity index (χ0) is 23.5. The van der Waals surface area contributed by atoms with Gasteiger partial charge in [-0.05, 0) is 37.1 Å². The monoisotopic (exact) mass is 469 g/mol. The molecule has 1 aromatic heterocycles. The first-order valence-corrected chi connectivity index (χ1v) is 11.9. The van der Waals surface area contributed by atoms with E-state index in [4.69, 9.17) is 9.72 Å². The summed E-state index contributed by atoms with van der Waals surface area (Å²) in [5, 5.41) is 6.65. The number of carbonyl (C=O) groups is 2. The summed E-state index contributed by atoms with van der Waals surface area (Å²) in [6.07, 6.45) is 1.90. The topological polar surface area (TPSA) is 80.3 Å². The molecule has 1 heterocycles. The maximum atomic E-state index is 13.3. The van der Waals surface area contributed by atoms with Crippen LogP contribution in [0.25, 0.3) is 21.8 Å². The van der Waals surface area contributed by atoms with Gasteiger partial charge in [-0.25, -0.2) is 4.98 Å². The number of rotatable bonds is 7. The van der Waals surface area contributed by atoms with Gasteiger partial charge in [0.05, 0.1) is 12.8 Å². The van der Waals surface area contributed by atoms with Crippen LogP contribution < -0.4 is 15.4 Å². The predicted octanol–water partition coefficient (Wildman–Crippen LogP) is 6.09. The van der Waals surface area contributed by atoms with Crippen LogP contribution in [-0.4, -0.2) is 23.9 Å². The van der Waals surface area contributed by atoms with Gasteiger partial charge in [0.25, 0.3) is 5.91 Å². The molecule has 0 saturated heterocycles. The van der Waals surface area contributed by atoms with Crippen LogP contribution in [0.4, 0.5) is 11.4 Å². The van der Waals surface area contributed by atoms with Crippen molar-refractivity contribution >= 4 is 34.5 Å². The number of ether oxygens (including phenoxy) is 1. The molecule has 170 valence electrons. The third-order valence-corrected chi connectivity index (χ3v) is 6.64. The van der Waals surface area contributed by atoms with Crippen molar-refractivity contribution in [2.75, 3.05) is 17.7 Å². The van der Waals surface area contributed by atoms with Gasteiger partial charge in [-0.1, -0.05) is 48.5 Å². The fraction of sp³-hybridized carbons (Fsp3) is 0.148. The molecule has 1 fully saturated rings. The van der Waals surface area contributed by atoms with E-state index in [2.05, 4.69) is 10.6 Å². The first-order chi connectivity index (χ1) is 16.6. The number of thiazole rings is 1. The number of nitrogens with zero attached hydrogens (tertiary/aromatic N) is 1. The Labute approximate surface area is 201 Å². The van der Waals surface area contributed by atoms with E-state index in [1.807, 2.05) is 72.8 Å². The number of anilines is 2. The molecule has 1 aliphatic carbocycles. The van der Waals surface area contributed by atoms with Crippen molar-refractivity contribution in [3.8, 4) is 27.6 Å². The highest BCUT2D eigenvalue weighted by Gasteiger charge is 2.29. The van der Waals surface area contributed by atoms with Crippen LogP contribution in [0, 0.1) is 5.92 Å². The van der Waals surface area contributed by atoms with Crippen LogP contribution in [0.1, 0.15) is 22.5 Å². The highest BCUT2D eigenvalue weighted by molar-refractivity contribution is 7.17. The summed E-state index contributed by atoms with van der Waals surface area (Å²) in [6, 6.07) is 24.5. The van der Waals surface area contributed by atoms with E-state index < -0.39 is 0 Å². The van der Waals surface area contributed by atoms with Crippen molar-refractivity contribution in [3.05, 3.63) is 83.7 Å². The smallest absolute Gasteiger partial charge is 0.268 e. The minimum Gasteiger partial charge on any atom is -0.497 e. The Hall–Kier alpha value is -3.97. The van der Waals surface area contributed by atoms with E-state index in [1.54, 1.807) is 13.2 Å². The fourth-order valence-corrected chi connectivity index (χ4v) is 4.58. The summed E-state index contributed by atoms with van der Waals surface area (Å²) >= 11 is 1.32. The Morgan fingerprint density at radius 3 is 2.32 bits per heavy atom. The van der Waals surface area contributed by atoms with Gasteiger partial charge in [0.2, 0.25) is 5.91 Å². The van der Waals surface area contributed by atoms with Crippen molar-refractivity contribution in [2.45, 2.75) is 12.8 Å². The Kier molecular flexibility index (Phi) is 6.10. The van der Waals surface area contributed by atoms with Crippen molar-refractivity contribution in [1.82, 2.24) is 4.98 Å². The molecule has 0 spiro atoms. The lowest BCUT2D eigenvalue weighted by atomic mass is 10.1. The maximum Gasteiger partial charge on any atom is 0.268 e. The zero-order valence-electron chi connectivity index (χ0n) is 18.6. The van der Waals surface area contributed by atoms with Gasteiger partial charge >= 0.3 is 0 Å². The quantitative estimate of drug-likeness (QED) is 0.343. The summed E-state index contributed by atoms with van der Waals surface area (Å²) in [7, 11) is 1.59. The summed E-state index contributed by atoms with van der Waals surface area (Å²) in [6.45, 7) is 0. The van der Waals surface area contributed by atoms with Crippen LogP contribution in [0.15, 0.2) is 78.9 Å². The number of hydrogen-bond donors (Lipinski definition) is 2. The Bertz CT molecular complexity index is 1350. The number of benzene rings is 3. The van der Waals surface area contributed by atoms with Crippen molar-refractivity contribution in [2.24, 2.45) is 5.92 Å². The SMILES string of the molecule is COc1cccc(NC(=O)c2sc(-c3cccc(NC(=O)C4CC4)c3)nc2-c2ccccc2)c1. The zero-order valence-corrected chi connectivity index (χ0v) is 19.4. The van der Waals surface area contributed by atoms with Gasteiger partial charge in [0.15, 0.2) is 0 Å². The summed E-state index contributed by atoms with van der Waals surface area (Å²) in [5.74, 6) is 0.602. The van der Waals surface area contributed by atoms with E-state index in [-0.39, 0.29) is 17.7 Å². The lowest BCUT2D eigenvalue weighted by molar-refractivity contribution is -0.117. The van der Waals surface area contributed by atoms with E-state index in [1.165, 1.54) is 11.3 Å². The minimum atomic E-state index is -0.242. The van der Waals surface area contributed by atoms with Crippen LogP contribution in [0.2, 0.25) is 0 Å².